The van der Waals surface area contributed by atoms with Gasteiger partial charge in [0, 0.05) is 11.5 Å². The molecular weight excluding hydrogens is 308 g/mol. The van der Waals surface area contributed by atoms with Crippen molar-refractivity contribution in [2.75, 3.05) is 0 Å². The molecule has 2 aromatic carbocycles. The molecule has 2 atom stereocenters. The number of hydrogen-bond donors (Lipinski definition) is 0. The van der Waals surface area contributed by atoms with E-state index in [0.29, 0.717) is 17.6 Å². The lowest BCUT2D eigenvalue weighted by molar-refractivity contribution is -0.121. The van der Waals surface area contributed by atoms with E-state index in [1.165, 1.54) is 10.4 Å². The molecule has 0 heterocycles. The van der Waals surface area contributed by atoms with Crippen LogP contribution in [0.15, 0.2) is 60.7 Å². The Morgan fingerprint density at radius 3 is 1.83 bits per heavy atom. The summed E-state index contributed by atoms with van der Waals surface area (Å²) in [7, 11) is -2.15. The minimum Gasteiger partial charge on any atom is -0.299 e. The van der Waals surface area contributed by atoms with Gasteiger partial charge in [-0.1, -0.05) is 97.9 Å². The number of Topliss-reactive ketones (excluding diaryl/α,β-unsaturated/α-hetero) is 1. The molecule has 0 N–H and O–H groups in total. The zero-order valence-electron chi connectivity index (χ0n) is 15.0. The van der Waals surface area contributed by atoms with Crippen molar-refractivity contribution in [1.29, 1.82) is 0 Å². The fourth-order valence-corrected chi connectivity index (χ4v) is 9.09. The number of benzene rings is 2. The van der Waals surface area contributed by atoms with Crippen molar-refractivity contribution in [3.05, 3.63) is 60.7 Å². The lowest BCUT2D eigenvalue weighted by atomic mass is 9.99. The Bertz CT molecular complexity index is 636. The predicted molar refractivity (Wildman–Crippen MR) is 105 cm³/mol. The normalized spacial score (nSPS) is 17.3. The number of carbonyl (C=O) groups excluding carboxylic acids is 1. The van der Waals surface area contributed by atoms with E-state index in [4.69, 9.17) is 0 Å². The Kier molecular flexibility index (Phi) is 5.05. The molecule has 1 saturated carbocycles. The minimum atomic E-state index is -2.15. The fraction of sp³-hybridized carbons (Fsp3) is 0.409. The maximum absolute atomic E-state index is 13.3. The summed E-state index contributed by atoms with van der Waals surface area (Å²) < 4.78 is 0. The van der Waals surface area contributed by atoms with Gasteiger partial charge in [0.15, 0.2) is 0 Å². The van der Waals surface area contributed by atoms with Gasteiger partial charge in [-0.25, -0.2) is 0 Å². The predicted octanol–water partition coefficient (Wildman–Crippen LogP) is 4.27. The van der Waals surface area contributed by atoms with Gasteiger partial charge in [0.25, 0.3) is 0 Å². The molecule has 0 bridgehead atoms. The first-order chi connectivity index (χ1) is 11.6. The Hall–Kier alpha value is -1.67. The average molecular weight is 337 g/mol. The lowest BCUT2D eigenvalue weighted by Gasteiger charge is -2.39. The quantitative estimate of drug-likeness (QED) is 0.690. The van der Waals surface area contributed by atoms with Crippen molar-refractivity contribution in [2.24, 2.45) is 11.8 Å². The van der Waals surface area contributed by atoms with Crippen molar-refractivity contribution in [2.45, 2.75) is 45.2 Å². The van der Waals surface area contributed by atoms with E-state index in [1.54, 1.807) is 0 Å². The second kappa shape index (κ2) is 7.06. The molecule has 0 aromatic heterocycles. The molecule has 0 radical (unpaired) electrons. The van der Waals surface area contributed by atoms with E-state index in [0.717, 1.165) is 19.3 Å². The van der Waals surface area contributed by atoms with Crippen molar-refractivity contribution in [3.63, 3.8) is 0 Å². The summed E-state index contributed by atoms with van der Waals surface area (Å²) >= 11 is 0. The van der Waals surface area contributed by atoms with Crippen LogP contribution in [0.3, 0.4) is 0 Å². The molecule has 2 aromatic rings. The zero-order chi connectivity index (χ0) is 17.2. The van der Waals surface area contributed by atoms with Crippen LogP contribution in [0.5, 0.6) is 0 Å². The smallest absolute Gasteiger partial charge is 0.137 e. The van der Waals surface area contributed by atoms with Gasteiger partial charge < -0.3 is 0 Å². The van der Waals surface area contributed by atoms with Crippen molar-refractivity contribution in [3.8, 4) is 0 Å². The molecule has 1 aliphatic carbocycles. The van der Waals surface area contributed by atoms with E-state index in [9.17, 15) is 4.79 Å². The van der Waals surface area contributed by atoms with Crippen LogP contribution in [0, 0.1) is 11.8 Å². The largest absolute Gasteiger partial charge is 0.299 e. The molecule has 2 heteroatoms. The summed E-state index contributed by atoms with van der Waals surface area (Å²) in [6, 6.07) is 21.6. The third kappa shape index (κ3) is 3.12. The molecular formula is C22H28OSi. The Morgan fingerprint density at radius 2 is 1.46 bits per heavy atom. The van der Waals surface area contributed by atoms with Crippen LogP contribution in [0.4, 0.5) is 0 Å². The maximum atomic E-state index is 13.3. The molecule has 0 spiro atoms. The van der Waals surface area contributed by atoms with Crippen LogP contribution >= 0.6 is 0 Å². The Morgan fingerprint density at radius 1 is 1.00 bits per heavy atom. The van der Waals surface area contributed by atoms with E-state index in [-0.39, 0.29) is 5.54 Å². The van der Waals surface area contributed by atoms with Crippen molar-refractivity contribution < 1.29 is 4.79 Å². The number of carbonyl (C=O) groups is 1. The van der Waals surface area contributed by atoms with E-state index in [2.05, 4.69) is 81.1 Å². The second-order valence-corrected chi connectivity index (χ2v) is 11.7. The van der Waals surface area contributed by atoms with Gasteiger partial charge in [-0.2, -0.15) is 0 Å². The Balaban J connectivity index is 2.16. The van der Waals surface area contributed by atoms with Crippen LogP contribution in [0.25, 0.3) is 0 Å². The molecule has 126 valence electrons. The molecule has 0 saturated heterocycles. The number of rotatable bonds is 7. The van der Waals surface area contributed by atoms with Gasteiger partial charge in [0.2, 0.25) is 0 Å². The molecule has 24 heavy (non-hydrogen) atoms. The lowest BCUT2D eigenvalue weighted by Crippen LogP contribution is -2.62. The topological polar surface area (TPSA) is 17.1 Å². The van der Waals surface area contributed by atoms with Gasteiger partial charge >= 0.3 is 0 Å². The average Bonchev–Trinajstić information content (AvgIpc) is 3.48. The van der Waals surface area contributed by atoms with E-state index >= 15 is 0 Å². The molecule has 1 nitrogen and oxygen atoms in total. The summed E-state index contributed by atoms with van der Waals surface area (Å²) in [5, 5.41) is 2.77. The zero-order valence-corrected chi connectivity index (χ0v) is 16.0. The van der Waals surface area contributed by atoms with Crippen LogP contribution in [-0.2, 0) is 4.79 Å². The van der Waals surface area contributed by atoms with Crippen molar-refractivity contribution in [1.82, 2.24) is 0 Å². The first-order valence-electron chi connectivity index (χ1n) is 9.23. The highest BCUT2D eigenvalue weighted by molar-refractivity contribution is 7.04. The van der Waals surface area contributed by atoms with Gasteiger partial charge in [-0.05, 0) is 18.8 Å². The standard InChI is InChI=1S/C22H28OSi/c1-4-17(2)22(21(23)18-15-16-18)24(3,19-11-7-5-8-12-19)20-13-9-6-10-14-20/h5-14,17-18,22H,4,15-16H2,1-3H3. The van der Waals surface area contributed by atoms with E-state index in [1.807, 2.05) is 0 Å². The second-order valence-electron chi connectivity index (χ2n) is 7.47. The highest BCUT2D eigenvalue weighted by Gasteiger charge is 2.49. The monoisotopic (exact) mass is 336 g/mol. The van der Waals surface area contributed by atoms with Crippen LogP contribution < -0.4 is 10.4 Å². The third-order valence-corrected chi connectivity index (χ3v) is 11.0. The maximum Gasteiger partial charge on any atom is 0.137 e. The first kappa shape index (κ1) is 17.2. The Labute approximate surface area is 147 Å². The number of ketones is 1. The van der Waals surface area contributed by atoms with Crippen LogP contribution in [0.2, 0.25) is 12.1 Å². The minimum absolute atomic E-state index is 0.166. The summed E-state index contributed by atoms with van der Waals surface area (Å²) in [6.07, 6.45) is 3.25. The molecule has 0 aliphatic heterocycles. The van der Waals surface area contributed by atoms with Gasteiger partial charge in [-0.15, -0.1) is 0 Å². The molecule has 1 fully saturated rings. The summed E-state index contributed by atoms with van der Waals surface area (Å²) in [6.45, 7) is 6.92. The molecule has 0 amide bonds. The van der Waals surface area contributed by atoms with Crippen molar-refractivity contribution >= 4 is 24.2 Å². The van der Waals surface area contributed by atoms with E-state index < -0.39 is 8.07 Å². The van der Waals surface area contributed by atoms with Crippen LogP contribution in [-0.4, -0.2) is 13.9 Å². The van der Waals surface area contributed by atoms with Gasteiger partial charge in [0.1, 0.15) is 13.9 Å². The third-order valence-electron chi connectivity index (χ3n) is 5.87. The van der Waals surface area contributed by atoms with Gasteiger partial charge in [-0.3, -0.25) is 4.79 Å². The summed E-state index contributed by atoms with van der Waals surface area (Å²) in [5.41, 5.74) is 0.166. The van der Waals surface area contributed by atoms with Gasteiger partial charge in [0.05, 0.1) is 0 Å². The summed E-state index contributed by atoms with van der Waals surface area (Å²) in [5.74, 6) is 1.28. The highest BCUT2D eigenvalue weighted by Crippen LogP contribution is 2.42. The molecule has 1 aliphatic rings. The first-order valence-corrected chi connectivity index (χ1v) is 11.8. The molecule has 3 rings (SSSR count). The molecule has 2 unspecified atom stereocenters. The number of hydrogen-bond acceptors (Lipinski definition) is 1. The fourth-order valence-electron chi connectivity index (χ4n) is 4.09. The SMILES string of the molecule is CCC(C)C(C(=O)C1CC1)[Si](C)(c1ccccc1)c1ccccc1. The summed E-state index contributed by atoms with van der Waals surface area (Å²) in [4.78, 5) is 13.3. The highest BCUT2D eigenvalue weighted by atomic mass is 28.3. The van der Waals surface area contributed by atoms with Crippen LogP contribution in [0.1, 0.15) is 33.1 Å².